The number of hydrogen-bond donors (Lipinski definition) is 1. The van der Waals surface area contributed by atoms with E-state index in [-0.39, 0.29) is 4.90 Å². The van der Waals surface area contributed by atoms with Crippen molar-refractivity contribution in [1.82, 2.24) is 9.88 Å². The number of benzene rings is 2. The highest BCUT2D eigenvalue weighted by Gasteiger charge is 2.17. The van der Waals surface area contributed by atoms with Crippen molar-refractivity contribution in [3.63, 3.8) is 0 Å². The predicted octanol–water partition coefficient (Wildman–Crippen LogP) is 3.24. The van der Waals surface area contributed by atoms with Crippen LogP contribution >= 0.6 is 0 Å². The molecule has 0 bridgehead atoms. The molecule has 25 heavy (non-hydrogen) atoms. The van der Waals surface area contributed by atoms with E-state index in [2.05, 4.69) is 9.71 Å². The van der Waals surface area contributed by atoms with Crippen LogP contribution in [0.3, 0.4) is 0 Å². The van der Waals surface area contributed by atoms with Crippen LogP contribution in [0.5, 0.6) is 0 Å². The number of pyridine rings is 1. The maximum Gasteiger partial charge on any atom is 0.262 e. The fraction of sp³-hybridized carbons (Fsp3) is 0.167. The molecule has 0 fully saturated rings. The van der Waals surface area contributed by atoms with Gasteiger partial charge in [0.1, 0.15) is 5.82 Å². The van der Waals surface area contributed by atoms with Gasteiger partial charge in [-0.05, 0) is 44.4 Å². The summed E-state index contributed by atoms with van der Waals surface area (Å²) in [7, 11) is -0.0337. The largest absolute Gasteiger partial charge is 0.304 e. The molecular weight excluding hydrogens is 341 g/mol. The van der Waals surface area contributed by atoms with Gasteiger partial charge in [0.2, 0.25) is 0 Å². The Kier molecular flexibility index (Phi) is 4.69. The third kappa shape index (κ3) is 3.94. The smallest absolute Gasteiger partial charge is 0.262 e. The number of rotatable bonds is 5. The molecule has 0 spiro atoms. The van der Waals surface area contributed by atoms with Crippen molar-refractivity contribution in [2.24, 2.45) is 0 Å². The SMILES string of the molecule is CN(C)Cc1ccc2cccc(NS(=O)(=O)c3cccc(F)c3)c2n1. The molecule has 0 amide bonds. The zero-order chi connectivity index (χ0) is 18.0. The summed E-state index contributed by atoms with van der Waals surface area (Å²) in [5.74, 6) is -0.604. The van der Waals surface area contributed by atoms with E-state index in [1.165, 1.54) is 18.2 Å². The molecule has 0 unspecified atom stereocenters. The van der Waals surface area contributed by atoms with Gasteiger partial charge in [-0.2, -0.15) is 0 Å². The summed E-state index contributed by atoms with van der Waals surface area (Å²) in [6.45, 7) is 0.640. The predicted molar refractivity (Wildman–Crippen MR) is 96.3 cm³/mol. The Bertz CT molecular complexity index is 1020. The highest BCUT2D eigenvalue weighted by molar-refractivity contribution is 7.92. The van der Waals surface area contributed by atoms with Crippen molar-refractivity contribution < 1.29 is 12.8 Å². The lowest BCUT2D eigenvalue weighted by Gasteiger charge is -2.13. The Labute approximate surface area is 146 Å². The van der Waals surface area contributed by atoms with Gasteiger partial charge in [-0.3, -0.25) is 4.72 Å². The fourth-order valence-corrected chi connectivity index (χ4v) is 3.62. The minimum Gasteiger partial charge on any atom is -0.304 e. The van der Waals surface area contributed by atoms with E-state index in [0.717, 1.165) is 17.1 Å². The second-order valence-corrected chi connectivity index (χ2v) is 7.66. The number of sulfonamides is 1. The van der Waals surface area contributed by atoms with Crippen molar-refractivity contribution in [1.29, 1.82) is 0 Å². The van der Waals surface area contributed by atoms with E-state index >= 15 is 0 Å². The zero-order valence-corrected chi connectivity index (χ0v) is 14.7. The highest BCUT2D eigenvalue weighted by atomic mass is 32.2. The molecule has 7 heteroatoms. The maximum absolute atomic E-state index is 13.4. The Balaban J connectivity index is 2.03. The maximum atomic E-state index is 13.4. The Morgan fingerprint density at radius 2 is 1.84 bits per heavy atom. The molecular formula is C18H18FN3O2S. The van der Waals surface area contributed by atoms with Gasteiger partial charge in [0.05, 0.1) is 21.8 Å². The van der Waals surface area contributed by atoms with Crippen molar-refractivity contribution in [2.75, 3.05) is 18.8 Å². The van der Waals surface area contributed by atoms with Crippen molar-refractivity contribution in [2.45, 2.75) is 11.4 Å². The van der Waals surface area contributed by atoms with Crippen LogP contribution in [-0.2, 0) is 16.6 Å². The number of anilines is 1. The Morgan fingerprint density at radius 3 is 2.56 bits per heavy atom. The summed E-state index contributed by atoms with van der Waals surface area (Å²) in [6.07, 6.45) is 0. The van der Waals surface area contributed by atoms with Gasteiger partial charge in [-0.1, -0.05) is 24.3 Å². The second kappa shape index (κ2) is 6.78. The van der Waals surface area contributed by atoms with Gasteiger partial charge >= 0.3 is 0 Å². The van der Waals surface area contributed by atoms with Crippen molar-refractivity contribution in [3.8, 4) is 0 Å². The summed E-state index contributed by atoms with van der Waals surface area (Å²) >= 11 is 0. The number of aromatic nitrogens is 1. The van der Waals surface area contributed by atoms with Crippen LogP contribution in [0.4, 0.5) is 10.1 Å². The Morgan fingerprint density at radius 1 is 1.08 bits per heavy atom. The van der Waals surface area contributed by atoms with E-state index < -0.39 is 15.8 Å². The number of hydrogen-bond acceptors (Lipinski definition) is 4. The minimum atomic E-state index is -3.90. The number of nitrogens with zero attached hydrogens (tertiary/aromatic N) is 2. The topological polar surface area (TPSA) is 62.3 Å². The molecule has 5 nitrogen and oxygen atoms in total. The van der Waals surface area contributed by atoms with E-state index in [9.17, 15) is 12.8 Å². The molecule has 3 rings (SSSR count). The van der Waals surface area contributed by atoms with Crippen LogP contribution in [0, 0.1) is 5.82 Å². The van der Waals surface area contributed by atoms with Gasteiger partial charge < -0.3 is 4.90 Å². The second-order valence-electron chi connectivity index (χ2n) is 5.98. The van der Waals surface area contributed by atoms with E-state index in [0.29, 0.717) is 17.7 Å². The van der Waals surface area contributed by atoms with Gasteiger partial charge in [0.25, 0.3) is 10.0 Å². The Hall–Kier alpha value is -2.51. The highest BCUT2D eigenvalue weighted by Crippen LogP contribution is 2.25. The first-order chi connectivity index (χ1) is 11.8. The zero-order valence-electron chi connectivity index (χ0n) is 13.9. The van der Waals surface area contributed by atoms with E-state index in [1.807, 2.05) is 37.2 Å². The number of para-hydroxylation sites is 1. The fourth-order valence-electron chi connectivity index (χ4n) is 2.52. The molecule has 1 heterocycles. The molecule has 2 aromatic carbocycles. The average molecular weight is 359 g/mol. The molecule has 1 aromatic heterocycles. The summed E-state index contributed by atoms with van der Waals surface area (Å²) in [6, 6.07) is 14.0. The first-order valence-corrected chi connectivity index (χ1v) is 9.15. The summed E-state index contributed by atoms with van der Waals surface area (Å²) < 4.78 is 41.0. The van der Waals surface area contributed by atoms with Gasteiger partial charge in [0.15, 0.2) is 0 Å². The lowest BCUT2D eigenvalue weighted by molar-refractivity contribution is 0.397. The quantitative estimate of drug-likeness (QED) is 0.760. The van der Waals surface area contributed by atoms with Crippen molar-refractivity contribution >= 4 is 26.6 Å². The molecule has 130 valence electrons. The van der Waals surface area contributed by atoms with E-state index in [1.54, 1.807) is 12.1 Å². The lowest BCUT2D eigenvalue weighted by Crippen LogP contribution is -2.14. The molecule has 0 aliphatic rings. The van der Waals surface area contributed by atoms with Gasteiger partial charge in [-0.15, -0.1) is 0 Å². The van der Waals surface area contributed by atoms with E-state index in [4.69, 9.17) is 0 Å². The van der Waals surface area contributed by atoms with Gasteiger partial charge in [-0.25, -0.2) is 17.8 Å². The molecule has 0 saturated carbocycles. The summed E-state index contributed by atoms with van der Waals surface area (Å²) in [4.78, 5) is 6.42. The third-order valence-corrected chi connectivity index (χ3v) is 4.97. The van der Waals surface area contributed by atoms with Crippen LogP contribution in [0.25, 0.3) is 10.9 Å². The molecule has 0 aliphatic heterocycles. The molecule has 0 saturated heterocycles. The minimum absolute atomic E-state index is 0.131. The van der Waals surface area contributed by atoms with Crippen molar-refractivity contribution in [3.05, 3.63) is 66.1 Å². The lowest BCUT2D eigenvalue weighted by atomic mass is 10.2. The first kappa shape index (κ1) is 17.3. The number of nitrogens with one attached hydrogen (secondary N) is 1. The van der Waals surface area contributed by atoms with Crippen LogP contribution in [-0.4, -0.2) is 32.4 Å². The number of fused-ring (bicyclic) bond motifs is 1. The third-order valence-electron chi connectivity index (χ3n) is 3.61. The molecule has 3 aromatic rings. The normalized spacial score (nSPS) is 11.8. The van der Waals surface area contributed by atoms with Gasteiger partial charge in [0, 0.05) is 11.9 Å². The molecule has 0 atom stereocenters. The first-order valence-electron chi connectivity index (χ1n) is 7.67. The molecule has 0 aliphatic carbocycles. The number of halogens is 1. The average Bonchev–Trinajstić information content (AvgIpc) is 2.54. The van der Waals surface area contributed by atoms with Crippen LogP contribution < -0.4 is 4.72 Å². The van der Waals surface area contributed by atoms with Crippen LogP contribution in [0.1, 0.15) is 5.69 Å². The summed E-state index contributed by atoms with van der Waals surface area (Å²) in [5, 5.41) is 0.821. The standard InChI is InChI=1S/C18H18FN3O2S/c1-22(2)12-15-10-9-13-5-3-8-17(18(13)20-15)21-25(23,24)16-7-4-6-14(19)11-16/h3-11,21H,12H2,1-2H3. The van der Waals surface area contributed by atoms with Crippen LogP contribution in [0.2, 0.25) is 0 Å². The van der Waals surface area contributed by atoms with Crippen LogP contribution in [0.15, 0.2) is 59.5 Å². The monoisotopic (exact) mass is 359 g/mol. The molecule has 1 N–H and O–H groups in total. The summed E-state index contributed by atoms with van der Waals surface area (Å²) in [5.41, 5.74) is 1.75. The molecule has 0 radical (unpaired) electrons.